The van der Waals surface area contributed by atoms with Gasteiger partial charge in [0.1, 0.15) is 31.9 Å². The van der Waals surface area contributed by atoms with Gasteiger partial charge in [0, 0.05) is 0 Å². The fraction of sp³-hybridized carbons (Fsp3) is 0.632. The molecule has 1 atom stereocenters. The first-order valence-corrected chi connectivity index (χ1v) is 9.84. The van der Waals surface area contributed by atoms with Crippen LogP contribution in [0.25, 0.3) is 0 Å². The van der Waals surface area contributed by atoms with Crippen molar-refractivity contribution in [2.75, 3.05) is 40.3 Å². The average Bonchev–Trinajstić information content (AvgIpc) is 3.35. The Kier molecular flexibility index (Phi) is 5.17. The molecule has 0 bridgehead atoms. The van der Waals surface area contributed by atoms with Gasteiger partial charge in [0.15, 0.2) is 6.04 Å². The second-order valence-corrected chi connectivity index (χ2v) is 7.71. The highest BCUT2D eigenvalue weighted by molar-refractivity contribution is 5.37. The molecule has 4 rings (SSSR count). The van der Waals surface area contributed by atoms with Gasteiger partial charge in [-0.1, -0.05) is 25.0 Å². The van der Waals surface area contributed by atoms with Crippen LogP contribution >= 0.6 is 0 Å². The molecule has 2 fully saturated rings. The predicted molar refractivity (Wildman–Crippen MR) is 97.5 cm³/mol. The Balaban J connectivity index is 1.75. The number of likely N-dealkylation sites (N-methyl/N-ethyl adjacent to an activating group) is 1. The van der Waals surface area contributed by atoms with Crippen LogP contribution < -0.4 is 14.5 Å². The first-order chi connectivity index (χ1) is 12.8. The highest BCUT2D eigenvalue weighted by atomic mass is 16.5. The van der Waals surface area contributed by atoms with Gasteiger partial charge in [0.25, 0.3) is 0 Å². The lowest BCUT2D eigenvalue weighted by atomic mass is 10.0. The van der Waals surface area contributed by atoms with E-state index in [2.05, 4.69) is 39.4 Å². The van der Waals surface area contributed by atoms with Gasteiger partial charge < -0.3 is 14.5 Å². The largest absolute Gasteiger partial charge is 0.496 e. The maximum atomic E-state index is 5.71. The summed E-state index contributed by atoms with van der Waals surface area (Å²) in [4.78, 5) is 3.14. The first-order valence-electron chi connectivity index (χ1n) is 9.84. The van der Waals surface area contributed by atoms with Gasteiger partial charge in [0.05, 0.1) is 25.8 Å². The Morgan fingerprint density at radius 3 is 2.58 bits per heavy atom. The summed E-state index contributed by atoms with van der Waals surface area (Å²) >= 11 is 0. The smallest absolute Gasteiger partial charge is 0.214 e. The zero-order valence-corrected chi connectivity index (χ0v) is 15.8. The Labute approximate surface area is 154 Å². The molecule has 2 heterocycles. The average molecular weight is 358 g/mol. The van der Waals surface area contributed by atoms with Crippen LogP contribution in [0.2, 0.25) is 0 Å². The highest BCUT2D eigenvalue weighted by Crippen LogP contribution is 2.33. The van der Waals surface area contributed by atoms with E-state index in [0.29, 0.717) is 6.04 Å². The van der Waals surface area contributed by atoms with Gasteiger partial charge in [-0.2, -0.15) is 0 Å². The van der Waals surface area contributed by atoms with Crippen LogP contribution in [0.1, 0.15) is 49.2 Å². The van der Waals surface area contributed by atoms with Gasteiger partial charge in [0.2, 0.25) is 5.82 Å². The van der Waals surface area contributed by atoms with E-state index in [1.165, 1.54) is 49.2 Å². The number of nitrogens with zero attached hydrogens (tertiary/aromatic N) is 4. The van der Waals surface area contributed by atoms with Crippen molar-refractivity contribution in [1.82, 2.24) is 20.2 Å². The van der Waals surface area contributed by atoms with E-state index in [1.54, 1.807) is 12.0 Å². The van der Waals surface area contributed by atoms with Crippen molar-refractivity contribution in [2.45, 2.75) is 37.8 Å². The molecule has 7 nitrogen and oxygen atoms in total. The number of benzene rings is 1. The van der Waals surface area contributed by atoms with E-state index in [4.69, 9.17) is 4.74 Å². The molecule has 1 aromatic carbocycles. The molecule has 26 heavy (non-hydrogen) atoms. The molecule has 0 amide bonds. The molecule has 1 aliphatic heterocycles. The van der Waals surface area contributed by atoms with E-state index in [0.717, 1.165) is 24.7 Å². The number of para-hydroxylation sites is 1. The van der Waals surface area contributed by atoms with E-state index in [-0.39, 0.29) is 6.04 Å². The van der Waals surface area contributed by atoms with Crippen LogP contribution in [0, 0.1) is 0 Å². The number of methoxy groups -OCH3 is 1. The first kappa shape index (κ1) is 17.4. The Morgan fingerprint density at radius 1 is 1.12 bits per heavy atom. The van der Waals surface area contributed by atoms with Crippen molar-refractivity contribution >= 4 is 0 Å². The number of hydrogen-bond acceptors (Lipinski definition) is 4. The van der Waals surface area contributed by atoms with Crippen LogP contribution in [0.4, 0.5) is 0 Å². The molecule has 2 N–H and O–H groups in total. The Bertz CT molecular complexity index is 718. The van der Waals surface area contributed by atoms with E-state index < -0.39 is 0 Å². The van der Waals surface area contributed by atoms with Crippen molar-refractivity contribution in [2.24, 2.45) is 0 Å². The topological polar surface area (TPSA) is 61.7 Å². The third-order valence-corrected chi connectivity index (χ3v) is 6.05. The van der Waals surface area contributed by atoms with Gasteiger partial charge in [-0.15, -0.1) is 5.10 Å². The second-order valence-electron chi connectivity index (χ2n) is 7.71. The maximum Gasteiger partial charge on any atom is 0.214 e. The molecule has 1 aromatic heterocycles. The van der Waals surface area contributed by atoms with E-state index in [9.17, 15) is 0 Å². The van der Waals surface area contributed by atoms with Crippen LogP contribution in [0.5, 0.6) is 5.75 Å². The highest BCUT2D eigenvalue weighted by Gasteiger charge is 2.38. The zero-order chi connectivity index (χ0) is 17.9. The Hall–Kier alpha value is -1.99. The van der Waals surface area contributed by atoms with Crippen LogP contribution in [0.15, 0.2) is 24.3 Å². The molecule has 1 saturated heterocycles. The van der Waals surface area contributed by atoms with Crippen molar-refractivity contribution in [3.63, 3.8) is 0 Å². The maximum absolute atomic E-state index is 5.71. The summed E-state index contributed by atoms with van der Waals surface area (Å²) in [5, 5.41) is 13.0. The Morgan fingerprint density at radius 2 is 1.85 bits per heavy atom. The lowest BCUT2D eigenvalue weighted by Crippen LogP contribution is -3.27. The molecule has 0 unspecified atom stereocenters. The van der Waals surface area contributed by atoms with E-state index >= 15 is 0 Å². The van der Waals surface area contributed by atoms with Crippen LogP contribution in [-0.2, 0) is 0 Å². The SMILES string of the molecule is COc1ccccc1[C@H](c1nnnn1C1CCCC1)[NH+]1CC[NH+](C)CC1. The summed E-state index contributed by atoms with van der Waals surface area (Å²) in [5.41, 5.74) is 1.19. The molecule has 2 aromatic rings. The van der Waals surface area contributed by atoms with Crippen LogP contribution in [-0.4, -0.2) is 60.5 Å². The normalized spacial score (nSPS) is 25.3. The molecule has 2 aliphatic rings. The molecular weight excluding hydrogens is 328 g/mol. The molecule has 1 aliphatic carbocycles. The number of piperazine rings is 1. The number of aromatic nitrogens is 4. The molecule has 1 saturated carbocycles. The molecule has 0 radical (unpaired) electrons. The minimum absolute atomic E-state index is 0.120. The number of rotatable bonds is 5. The van der Waals surface area contributed by atoms with Crippen molar-refractivity contribution in [3.05, 3.63) is 35.7 Å². The number of tetrazole rings is 1. The van der Waals surface area contributed by atoms with Crippen molar-refractivity contribution in [3.8, 4) is 5.75 Å². The third-order valence-electron chi connectivity index (χ3n) is 6.05. The quantitative estimate of drug-likeness (QED) is 0.742. The summed E-state index contributed by atoms with van der Waals surface area (Å²) in [6.07, 6.45) is 4.90. The standard InChI is InChI=1S/C19H28N6O/c1-23-11-13-24(14-12-23)18(16-9-5-6-10-17(16)26-2)19-20-21-22-25(19)15-7-3-4-8-15/h5-6,9-10,15,18H,3-4,7-8,11-14H2,1-2H3/p+2/t18-/m1/s1. The minimum atomic E-state index is 0.120. The fourth-order valence-corrected chi connectivity index (χ4v) is 4.53. The van der Waals surface area contributed by atoms with Crippen LogP contribution in [0.3, 0.4) is 0 Å². The summed E-state index contributed by atoms with van der Waals surface area (Å²) < 4.78 is 7.82. The lowest BCUT2D eigenvalue weighted by molar-refractivity contribution is -1.02. The predicted octanol–water partition coefficient (Wildman–Crippen LogP) is -0.701. The number of quaternary nitrogens is 2. The number of ether oxygens (including phenoxy) is 1. The number of nitrogens with one attached hydrogen (secondary N) is 2. The number of hydrogen-bond donors (Lipinski definition) is 2. The van der Waals surface area contributed by atoms with Crippen molar-refractivity contribution in [1.29, 1.82) is 0 Å². The summed E-state index contributed by atoms with van der Waals surface area (Å²) in [6.45, 7) is 4.58. The molecule has 0 spiro atoms. The fourth-order valence-electron chi connectivity index (χ4n) is 4.53. The summed E-state index contributed by atoms with van der Waals surface area (Å²) in [6, 6.07) is 8.91. The lowest BCUT2D eigenvalue weighted by Gasteiger charge is -2.33. The van der Waals surface area contributed by atoms with E-state index in [1.807, 2.05) is 12.1 Å². The van der Waals surface area contributed by atoms with Gasteiger partial charge in [-0.05, 0) is 35.4 Å². The zero-order valence-electron chi connectivity index (χ0n) is 15.8. The summed E-state index contributed by atoms with van der Waals surface area (Å²) in [7, 11) is 4.02. The van der Waals surface area contributed by atoms with Crippen molar-refractivity contribution < 1.29 is 14.5 Å². The van der Waals surface area contributed by atoms with Gasteiger partial charge in [-0.3, -0.25) is 0 Å². The third kappa shape index (κ3) is 3.33. The second kappa shape index (κ2) is 7.72. The van der Waals surface area contributed by atoms with Gasteiger partial charge >= 0.3 is 0 Å². The summed E-state index contributed by atoms with van der Waals surface area (Å²) in [5.74, 6) is 1.92. The molecule has 7 heteroatoms. The molecule has 140 valence electrons. The molecular formula is C19H30N6O+2. The van der Waals surface area contributed by atoms with Gasteiger partial charge in [-0.25, -0.2) is 4.68 Å². The minimum Gasteiger partial charge on any atom is -0.496 e. The monoisotopic (exact) mass is 358 g/mol.